The van der Waals surface area contributed by atoms with Crippen molar-refractivity contribution in [2.24, 2.45) is 11.8 Å². The highest BCUT2D eigenvalue weighted by Gasteiger charge is 2.24. The summed E-state index contributed by atoms with van der Waals surface area (Å²) in [4.78, 5) is 13.1. The van der Waals surface area contributed by atoms with Crippen molar-refractivity contribution in [1.29, 1.82) is 0 Å². The molecule has 0 aromatic rings. The monoisotopic (exact) mass is 183 g/mol. The van der Waals surface area contributed by atoms with Crippen molar-refractivity contribution in [2.45, 2.75) is 40.0 Å². The summed E-state index contributed by atoms with van der Waals surface area (Å²) in [5.74, 6) is 1.82. The molecule has 0 spiro atoms. The maximum Gasteiger partial charge on any atom is 0.219 e. The number of carbonyl (C=O) groups is 1. The Morgan fingerprint density at radius 3 is 2.77 bits per heavy atom. The molecule has 0 aliphatic carbocycles. The number of carbonyl (C=O) groups excluding carboxylic acids is 1. The van der Waals surface area contributed by atoms with E-state index < -0.39 is 0 Å². The average Bonchev–Trinajstić information content (AvgIpc) is 2.52. The van der Waals surface area contributed by atoms with Crippen LogP contribution in [0.1, 0.15) is 40.0 Å². The summed E-state index contributed by atoms with van der Waals surface area (Å²) in [6, 6.07) is 0. The predicted molar refractivity (Wildman–Crippen MR) is 54.4 cm³/mol. The maximum atomic E-state index is 11.1. The highest BCUT2D eigenvalue weighted by atomic mass is 16.2. The zero-order valence-corrected chi connectivity index (χ0v) is 9.05. The molecule has 0 saturated carbocycles. The minimum absolute atomic E-state index is 0.242. The van der Waals surface area contributed by atoms with Gasteiger partial charge in [0.2, 0.25) is 5.91 Å². The Hall–Kier alpha value is -0.530. The van der Waals surface area contributed by atoms with Crippen LogP contribution < -0.4 is 0 Å². The van der Waals surface area contributed by atoms with Gasteiger partial charge in [0.15, 0.2) is 0 Å². The minimum atomic E-state index is 0.242. The van der Waals surface area contributed by atoms with Crippen molar-refractivity contribution in [2.75, 3.05) is 13.1 Å². The van der Waals surface area contributed by atoms with Gasteiger partial charge in [-0.1, -0.05) is 20.3 Å². The molecule has 0 bridgehead atoms. The summed E-state index contributed by atoms with van der Waals surface area (Å²) in [7, 11) is 0. The number of amides is 1. The van der Waals surface area contributed by atoms with Crippen LogP contribution in [0.3, 0.4) is 0 Å². The first-order valence-corrected chi connectivity index (χ1v) is 5.39. The molecule has 2 heteroatoms. The lowest BCUT2D eigenvalue weighted by Crippen LogP contribution is -2.26. The minimum Gasteiger partial charge on any atom is -0.343 e. The van der Waals surface area contributed by atoms with Crippen molar-refractivity contribution in [3.8, 4) is 0 Å². The summed E-state index contributed by atoms with van der Waals surface area (Å²) in [5.41, 5.74) is 0. The van der Waals surface area contributed by atoms with Gasteiger partial charge >= 0.3 is 0 Å². The third kappa shape index (κ3) is 3.02. The number of rotatable bonds is 3. The quantitative estimate of drug-likeness (QED) is 0.657. The number of likely N-dealkylation sites (tertiary alicyclic amines) is 1. The Labute approximate surface area is 81.3 Å². The SMILES string of the molecule is CCC(C)C[C@@H]1CCN(C(C)=O)C1. The van der Waals surface area contributed by atoms with Crippen molar-refractivity contribution < 1.29 is 4.79 Å². The first-order valence-electron chi connectivity index (χ1n) is 5.39. The predicted octanol–water partition coefficient (Wildman–Crippen LogP) is 2.29. The van der Waals surface area contributed by atoms with Gasteiger partial charge in [0.1, 0.15) is 0 Å². The lowest BCUT2D eigenvalue weighted by molar-refractivity contribution is -0.127. The molecule has 1 heterocycles. The van der Waals surface area contributed by atoms with E-state index in [9.17, 15) is 4.79 Å². The van der Waals surface area contributed by atoms with Crippen molar-refractivity contribution in [3.63, 3.8) is 0 Å². The smallest absolute Gasteiger partial charge is 0.219 e. The average molecular weight is 183 g/mol. The lowest BCUT2D eigenvalue weighted by atomic mass is 9.93. The van der Waals surface area contributed by atoms with Crippen LogP contribution in [-0.4, -0.2) is 23.9 Å². The summed E-state index contributed by atoms with van der Waals surface area (Å²) in [5, 5.41) is 0. The van der Waals surface area contributed by atoms with Crippen molar-refractivity contribution in [3.05, 3.63) is 0 Å². The van der Waals surface area contributed by atoms with Crippen LogP contribution in [0, 0.1) is 11.8 Å². The summed E-state index contributed by atoms with van der Waals surface area (Å²) < 4.78 is 0. The van der Waals surface area contributed by atoms with Crippen LogP contribution in [-0.2, 0) is 4.79 Å². The lowest BCUT2D eigenvalue weighted by Gasteiger charge is -2.16. The number of hydrogen-bond acceptors (Lipinski definition) is 1. The van der Waals surface area contributed by atoms with Crippen molar-refractivity contribution in [1.82, 2.24) is 4.90 Å². The van der Waals surface area contributed by atoms with Gasteiger partial charge in [0, 0.05) is 20.0 Å². The fraction of sp³-hybridized carbons (Fsp3) is 0.909. The van der Waals surface area contributed by atoms with E-state index >= 15 is 0 Å². The van der Waals surface area contributed by atoms with Gasteiger partial charge in [-0.3, -0.25) is 4.79 Å². The van der Waals surface area contributed by atoms with Crippen LogP contribution in [0.15, 0.2) is 0 Å². The first kappa shape index (κ1) is 10.6. The zero-order chi connectivity index (χ0) is 9.84. The molecule has 13 heavy (non-hydrogen) atoms. The Bertz CT molecular complexity index is 179. The Morgan fingerprint density at radius 1 is 1.62 bits per heavy atom. The molecule has 0 aromatic heterocycles. The van der Waals surface area contributed by atoms with Gasteiger partial charge in [-0.25, -0.2) is 0 Å². The Balaban J connectivity index is 2.29. The fourth-order valence-electron chi connectivity index (χ4n) is 2.05. The van der Waals surface area contributed by atoms with E-state index in [-0.39, 0.29) is 5.91 Å². The fourth-order valence-corrected chi connectivity index (χ4v) is 2.05. The molecule has 2 nitrogen and oxygen atoms in total. The van der Waals surface area contributed by atoms with Gasteiger partial charge in [-0.05, 0) is 24.7 Å². The van der Waals surface area contributed by atoms with Crippen LogP contribution in [0.25, 0.3) is 0 Å². The molecule has 1 rings (SSSR count). The second-order valence-corrected chi connectivity index (χ2v) is 4.37. The largest absolute Gasteiger partial charge is 0.343 e. The van der Waals surface area contributed by atoms with Gasteiger partial charge in [-0.2, -0.15) is 0 Å². The van der Waals surface area contributed by atoms with Gasteiger partial charge in [0.25, 0.3) is 0 Å². The Kier molecular flexibility index (Phi) is 3.76. The molecule has 0 radical (unpaired) electrons. The van der Waals surface area contributed by atoms with Gasteiger partial charge in [-0.15, -0.1) is 0 Å². The highest BCUT2D eigenvalue weighted by molar-refractivity contribution is 5.73. The van der Waals surface area contributed by atoms with Crippen molar-refractivity contribution >= 4 is 5.91 Å². The number of hydrogen-bond donors (Lipinski definition) is 0. The summed E-state index contributed by atoms with van der Waals surface area (Å²) >= 11 is 0. The molecular formula is C11H21NO. The van der Waals surface area contributed by atoms with E-state index in [2.05, 4.69) is 13.8 Å². The van der Waals surface area contributed by atoms with Crippen LogP contribution in [0.5, 0.6) is 0 Å². The Morgan fingerprint density at radius 2 is 2.31 bits per heavy atom. The third-order valence-corrected chi connectivity index (χ3v) is 3.16. The molecule has 1 amide bonds. The molecule has 1 unspecified atom stereocenters. The molecule has 2 atom stereocenters. The normalized spacial score (nSPS) is 24.8. The summed E-state index contributed by atoms with van der Waals surface area (Å²) in [6.45, 7) is 8.19. The molecule has 1 aliphatic heterocycles. The van der Waals surface area contributed by atoms with Crippen LogP contribution in [0.4, 0.5) is 0 Å². The second-order valence-electron chi connectivity index (χ2n) is 4.37. The standard InChI is InChI=1S/C11H21NO/c1-4-9(2)7-11-5-6-12(8-11)10(3)13/h9,11H,4-8H2,1-3H3/t9?,11-/m0/s1. The third-order valence-electron chi connectivity index (χ3n) is 3.16. The van der Waals surface area contributed by atoms with E-state index in [4.69, 9.17) is 0 Å². The van der Waals surface area contributed by atoms with Crippen LogP contribution >= 0.6 is 0 Å². The van der Waals surface area contributed by atoms with E-state index in [1.165, 1.54) is 19.3 Å². The molecule has 76 valence electrons. The van der Waals surface area contributed by atoms with E-state index in [1.807, 2.05) is 4.90 Å². The molecule has 0 N–H and O–H groups in total. The van der Waals surface area contributed by atoms with Crippen LogP contribution in [0.2, 0.25) is 0 Å². The highest BCUT2D eigenvalue weighted by Crippen LogP contribution is 2.24. The molecule has 0 aromatic carbocycles. The topological polar surface area (TPSA) is 20.3 Å². The van der Waals surface area contributed by atoms with E-state index in [0.717, 1.165) is 24.9 Å². The first-order chi connectivity index (χ1) is 6.13. The van der Waals surface area contributed by atoms with E-state index in [0.29, 0.717) is 0 Å². The molecular weight excluding hydrogens is 162 g/mol. The van der Waals surface area contributed by atoms with Gasteiger partial charge in [0.05, 0.1) is 0 Å². The number of nitrogens with zero attached hydrogens (tertiary/aromatic N) is 1. The maximum absolute atomic E-state index is 11.1. The van der Waals surface area contributed by atoms with E-state index in [1.54, 1.807) is 6.92 Å². The molecule has 1 fully saturated rings. The van der Waals surface area contributed by atoms with Gasteiger partial charge < -0.3 is 4.90 Å². The molecule has 1 aliphatic rings. The second kappa shape index (κ2) is 4.64. The summed E-state index contributed by atoms with van der Waals surface area (Å²) in [6.07, 6.45) is 3.76. The zero-order valence-electron chi connectivity index (χ0n) is 9.05. The molecule has 1 saturated heterocycles.